The average molecular weight is 350 g/mol. The van der Waals surface area contributed by atoms with E-state index in [1.807, 2.05) is 4.90 Å². The van der Waals surface area contributed by atoms with Gasteiger partial charge in [-0.25, -0.2) is 4.79 Å². The third-order valence-corrected chi connectivity index (χ3v) is 4.40. The van der Waals surface area contributed by atoms with Gasteiger partial charge in [-0.15, -0.1) is 0 Å². The van der Waals surface area contributed by atoms with Gasteiger partial charge in [0.25, 0.3) is 0 Å². The van der Waals surface area contributed by atoms with Crippen molar-refractivity contribution >= 4 is 11.9 Å². The Morgan fingerprint density at radius 1 is 1.24 bits per heavy atom. The van der Waals surface area contributed by atoms with Crippen LogP contribution in [0.15, 0.2) is 24.3 Å². The van der Waals surface area contributed by atoms with Crippen LogP contribution in [0.5, 0.6) is 5.75 Å². The molecule has 2 heterocycles. The van der Waals surface area contributed by atoms with E-state index >= 15 is 0 Å². The molecule has 1 amide bonds. The highest BCUT2D eigenvalue weighted by Gasteiger charge is 2.34. The molecule has 0 radical (unpaired) electrons. The minimum absolute atomic E-state index is 0.0176. The Hall–Kier alpha value is -2.16. The lowest BCUT2D eigenvalue weighted by molar-refractivity contribution is -0.136. The molecule has 0 spiro atoms. The number of carbonyl (C=O) groups is 2. The highest BCUT2D eigenvalue weighted by molar-refractivity contribution is 5.88. The first kappa shape index (κ1) is 17.7. The quantitative estimate of drug-likeness (QED) is 0.750. The van der Waals surface area contributed by atoms with Gasteiger partial charge in [-0.3, -0.25) is 9.69 Å². The molecule has 2 saturated heterocycles. The van der Waals surface area contributed by atoms with Crippen molar-refractivity contribution in [2.45, 2.75) is 12.2 Å². The van der Waals surface area contributed by atoms with E-state index in [0.717, 1.165) is 0 Å². The fourth-order valence-electron chi connectivity index (χ4n) is 3.06. The van der Waals surface area contributed by atoms with Crippen molar-refractivity contribution in [2.24, 2.45) is 0 Å². The molecule has 2 fully saturated rings. The Bertz CT molecular complexity index is 631. The number of aliphatic hydroxyl groups excluding tert-OH is 1. The van der Waals surface area contributed by atoms with Crippen LogP contribution in [0, 0.1) is 0 Å². The molecule has 0 unspecified atom stereocenters. The minimum atomic E-state index is -1.03. The smallest absolute Gasteiger partial charge is 0.335 e. The maximum absolute atomic E-state index is 12.3. The second-order valence-electron chi connectivity index (χ2n) is 6.24. The second-order valence-corrected chi connectivity index (χ2v) is 6.24. The van der Waals surface area contributed by atoms with E-state index in [0.29, 0.717) is 45.1 Å². The summed E-state index contributed by atoms with van der Waals surface area (Å²) in [6.07, 6.45) is -1.23. The number of morpholine rings is 1. The van der Waals surface area contributed by atoms with Crippen LogP contribution in [0.3, 0.4) is 0 Å². The first-order valence-electron chi connectivity index (χ1n) is 8.29. The van der Waals surface area contributed by atoms with Gasteiger partial charge < -0.3 is 24.6 Å². The van der Waals surface area contributed by atoms with E-state index in [2.05, 4.69) is 0 Å². The van der Waals surface area contributed by atoms with Crippen LogP contribution in [0.1, 0.15) is 10.4 Å². The van der Waals surface area contributed by atoms with Crippen LogP contribution in [0.2, 0.25) is 0 Å². The van der Waals surface area contributed by atoms with Crippen LogP contribution >= 0.6 is 0 Å². The lowest BCUT2D eigenvalue weighted by atomic mass is 10.2. The van der Waals surface area contributed by atoms with E-state index in [9.17, 15) is 14.7 Å². The zero-order valence-electron chi connectivity index (χ0n) is 13.8. The highest BCUT2D eigenvalue weighted by Crippen LogP contribution is 2.20. The zero-order chi connectivity index (χ0) is 17.8. The number of nitrogens with zero attached hydrogens (tertiary/aromatic N) is 2. The van der Waals surface area contributed by atoms with Crippen LogP contribution in [-0.4, -0.2) is 90.0 Å². The Labute approximate surface area is 145 Å². The van der Waals surface area contributed by atoms with Gasteiger partial charge in [-0.05, 0) is 18.2 Å². The van der Waals surface area contributed by atoms with Crippen molar-refractivity contribution in [3.63, 3.8) is 0 Å². The summed E-state index contributed by atoms with van der Waals surface area (Å²) in [5, 5.41) is 19.2. The fourth-order valence-corrected chi connectivity index (χ4v) is 3.06. The van der Waals surface area contributed by atoms with Crippen molar-refractivity contribution < 1.29 is 29.3 Å². The van der Waals surface area contributed by atoms with Crippen molar-refractivity contribution in [1.82, 2.24) is 9.80 Å². The molecule has 0 aliphatic carbocycles. The summed E-state index contributed by atoms with van der Waals surface area (Å²) in [5.74, 6) is -0.621. The number of hydrogen-bond donors (Lipinski definition) is 2. The maximum Gasteiger partial charge on any atom is 0.335 e. The van der Waals surface area contributed by atoms with Crippen molar-refractivity contribution in [3.8, 4) is 5.75 Å². The van der Waals surface area contributed by atoms with E-state index in [1.54, 1.807) is 17.0 Å². The van der Waals surface area contributed by atoms with Gasteiger partial charge >= 0.3 is 5.97 Å². The summed E-state index contributed by atoms with van der Waals surface area (Å²) < 4.78 is 11.0. The first-order valence-corrected chi connectivity index (χ1v) is 8.29. The van der Waals surface area contributed by atoms with Gasteiger partial charge in [0.2, 0.25) is 5.91 Å². The normalized spacial score (nSPS) is 24.3. The number of rotatable bonds is 5. The standard InChI is InChI=1S/C17H22N2O6/c20-14-9-18(11-16(21)19-4-6-24-7-5-19)10-15(14)25-13-3-1-2-12(8-13)17(22)23/h1-3,8,14-15,20H,4-7,9-11H2,(H,22,23)/t14-,15-/m1/s1. The summed E-state index contributed by atoms with van der Waals surface area (Å²) in [4.78, 5) is 26.9. The Balaban J connectivity index is 1.55. The number of benzene rings is 1. The molecule has 0 bridgehead atoms. The maximum atomic E-state index is 12.3. The van der Waals surface area contributed by atoms with Gasteiger partial charge in [0, 0.05) is 26.2 Å². The number of likely N-dealkylation sites (tertiary alicyclic amines) is 1. The van der Waals surface area contributed by atoms with Gasteiger partial charge in [0.1, 0.15) is 18.0 Å². The van der Waals surface area contributed by atoms with Crippen molar-refractivity contribution in [3.05, 3.63) is 29.8 Å². The molecular weight excluding hydrogens is 328 g/mol. The predicted molar refractivity (Wildman–Crippen MR) is 87.7 cm³/mol. The topological polar surface area (TPSA) is 99.5 Å². The van der Waals surface area contributed by atoms with E-state index < -0.39 is 18.2 Å². The average Bonchev–Trinajstić information content (AvgIpc) is 2.95. The third-order valence-electron chi connectivity index (χ3n) is 4.40. The molecule has 3 rings (SSSR count). The number of hydrogen-bond acceptors (Lipinski definition) is 6. The first-order chi connectivity index (χ1) is 12.0. The summed E-state index contributed by atoms with van der Waals surface area (Å²) in [6.45, 7) is 3.29. The second kappa shape index (κ2) is 7.81. The fraction of sp³-hybridized carbons (Fsp3) is 0.529. The molecule has 136 valence electrons. The van der Waals surface area contributed by atoms with Gasteiger partial charge in [0.15, 0.2) is 0 Å². The van der Waals surface area contributed by atoms with E-state index in [1.165, 1.54) is 12.1 Å². The van der Waals surface area contributed by atoms with Gasteiger partial charge in [-0.1, -0.05) is 6.07 Å². The number of aliphatic hydroxyl groups is 1. The van der Waals surface area contributed by atoms with Crippen molar-refractivity contribution in [2.75, 3.05) is 45.9 Å². The molecular formula is C17H22N2O6. The Morgan fingerprint density at radius 3 is 2.72 bits per heavy atom. The molecule has 1 aromatic carbocycles. The van der Waals surface area contributed by atoms with Gasteiger partial charge in [-0.2, -0.15) is 0 Å². The van der Waals surface area contributed by atoms with Crippen molar-refractivity contribution in [1.29, 1.82) is 0 Å². The molecule has 2 aliphatic rings. The lowest BCUT2D eigenvalue weighted by Crippen LogP contribution is -2.45. The summed E-state index contributed by atoms with van der Waals surface area (Å²) in [6, 6.07) is 6.16. The lowest BCUT2D eigenvalue weighted by Gasteiger charge is -2.28. The number of carboxylic acid groups (broad SMARTS) is 1. The molecule has 1 aromatic rings. The van der Waals surface area contributed by atoms with Crippen LogP contribution in [0.25, 0.3) is 0 Å². The third kappa shape index (κ3) is 4.47. The van der Waals surface area contributed by atoms with Gasteiger partial charge in [0.05, 0.1) is 25.3 Å². The SMILES string of the molecule is O=C(O)c1cccc(O[C@@H]2CN(CC(=O)N3CCOCC3)C[C@H]2O)c1. The molecule has 2 atom stereocenters. The Kier molecular flexibility index (Phi) is 5.52. The molecule has 2 N–H and O–H groups in total. The molecule has 0 aromatic heterocycles. The zero-order valence-corrected chi connectivity index (χ0v) is 13.8. The predicted octanol–water partition coefficient (Wildman–Crippen LogP) is -0.332. The number of β-amino-alcohol motifs (C(OH)–C–C–N with tert-alkyl or cyclic N) is 1. The van der Waals surface area contributed by atoms with Crippen LogP contribution in [-0.2, 0) is 9.53 Å². The minimum Gasteiger partial charge on any atom is -0.486 e. The Morgan fingerprint density at radius 2 is 2.00 bits per heavy atom. The summed E-state index contributed by atoms with van der Waals surface area (Å²) in [5.41, 5.74) is 0.129. The monoisotopic (exact) mass is 350 g/mol. The molecule has 25 heavy (non-hydrogen) atoms. The highest BCUT2D eigenvalue weighted by atomic mass is 16.5. The largest absolute Gasteiger partial charge is 0.486 e. The molecule has 2 aliphatic heterocycles. The number of aromatic carboxylic acids is 1. The molecule has 0 saturated carbocycles. The number of amides is 1. The van der Waals surface area contributed by atoms with Crippen LogP contribution in [0.4, 0.5) is 0 Å². The number of carbonyl (C=O) groups excluding carboxylic acids is 1. The molecule has 8 heteroatoms. The number of ether oxygens (including phenoxy) is 2. The van der Waals surface area contributed by atoms with E-state index in [4.69, 9.17) is 14.6 Å². The summed E-state index contributed by atoms with van der Waals surface area (Å²) in [7, 11) is 0. The van der Waals surface area contributed by atoms with Crippen LogP contribution < -0.4 is 4.74 Å². The number of carboxylic acids is 1. The van der Waals surface area contributed by atoms with E-state index in [-0.39, 0.29) is 18.0 Å². The summed E-state index contributed by atoms with van der Waals surface area (Å²) >= 11 is 0. The molecule has 8 nitrogen and oxygen atoms in total.